The quantitative estimate of drug-likeness (QED) is 0.138. The minimum Gasteiger partial charge on any atom is -0.455 e. The van der Waals surface area contributed by atoms with Gasteiger partial charge in [0.1, 0.15) is 11.2 Å². The predicted octanol–water partition coefficient (Wildman–Crippen LogP) is 14.5. The molecule has 0 aliphatic carbocycles. The fourth-order valence-corrected chi connectivity index (χ4v) is 8.71. The maximum Gasteiger partial charge on any atom is 0.143 e. The van der Waals surface area contributed by atoms with Gasteiger partial charge in [-0.1, -0.05) is 139 Å². The zero-order valence-electron chi connectivity index (χ0n) is 28.9. The lowest BCUT2D eigenvalue weighted by molar-refractivity contribution is 0.673. The molecule has 0 spiro atoms. The first kappa shape index (κ1) is 29.1. The summed E-state index contributed by atoms with van der Waals surface area (Å²) in [7, 11) is 0. The fraction of sp³-hybridized carbons (Fsp3) is 0.0400. The third-order valence-electron chi connectivity index (χ3n) is 11.1. The SMILES string of the molecule is Cc1ccc(N(c2ccc(C)cc2)c2c3ccccc3c(-c3ccc4c(c3)oc3c5cccc6ccc7cccc(c43)c7c65)c3ccccc23)cc1. The van der Waals surface area contributed by atoms with Gasteiger partial charge in [0.15, 0.2) is 0 Å². The monoisotopic (exact) mass is 663 g/mol. The highest BCUT2D eigenvalue weighted by Crippen LogP contribution is 2.50. The highest BCUT2D eigenvalue weighted by atomic mass is 16.3. The van der Waals surface area contributed by atoms with Gasteiger partial charge in [-0.3, -0.25) is 0 Å². The van der Waals surface area contributed by atoms with E-state index in [1.165, 1.54) is 81.6 Å². The standard InChI is InChI=1S/C50H33NO/c1-30-17-24-35(25-18-30)51(36-26-19-31(2)20-27-36)49-39-13-5-3-11-37(39)45(38-12-4-6-14-40(38)49)34-23-28-41-44(29-34)52-50-43-16-8-10-33-22-21-32-9-7-15-42(48(41)50)46(32)47(33)43/h3-29H,1-2H3. The summed E-state index contributed by atoms with van der Waals surface area (Å²) in [5.74, 6) is 0. The maximum atomic E-state index is 6.94. The third kappa shape index (κ3) is 4.12. The average Bonchev–Trinajstić information content (AvgIpc) is 3.58. The number of aryl methyl sites for hydroxylation is 2. The van der Waals surface area contributed by atoms with E-state index in [2.05, 4.69) is 183 Å². The number of fused-ring (bicyclic) bond motifs is 7. The molecule has 11 aromatic rings. The molecule has 0 amide bonds. The van der Waals surface area contributed by atoms with Gasteiger partial charge in [-0.2, -0.15) is 0 Å². The van der Waals surface area contributed by atoms with E-state index in [4.69, 9.17) is 4.42 Å². The fourth-order valence-electron chi connectivity index (χ4n) is 8.71. The van der Waals surface area contributed by atoms with Gasteiger partial charge in [0, 0.05) is 43.7 Å². The van der Waals surface area contributed by atoms with Crippen LogP contribution in [0.5, 0.6) is 0 Å². The highest BCUT2D eigenvalue weighted by molar-refractivity contribution is 6.36. The Labute approximate surface area is 301 Å². The van der Waals surface area contributed by atoms with Crippen molar-refractivity contribution in [3.8, 4) is 11.1 Å². The molecule has 0 bridgehead atoms. The molecular formula is C50H33NO. The Kier molecular flexibility index (Phi) is 6.12. The van der Waals surface area contributed by atoms with Gasteiger partial charge in [-0.25, -0.2) is 0 Å². The second-order valence-corrected chi connectivity index (χ2v) is 14.2. The second kappa shape index (κ2) is 10.9. The summed E-state index contributed by atoms with van der Waals surface area (Å²) in [6.45, 7) is 4.29. The third-order valence-corrected chi connectivity index (χ3v) is 11.1. The van der Waals surface area contributed by atoms with Gasteiger partial charge in [0.05, 0.1) is 5.69 Å². The Hall–Kier alpha value is -6.64. The van der Waals surface area contributed by atoms with E-state index in [0.29, 0.717) is 0 Å². The topological polar surface area (TPSA) is 16.4 Å². The summed E-state index contributed by atoms with van der Waals surface area (Å²) in [6, 6.07) is 60.0. The van der Waals surface area contributed by atoms with Gasteiger partial charge in [-0.05, 0) is 93.7 Å². The number of hydrogen-bond donors (Lipinski definition) is 0. The molecule has 2 nitrogen and oxygen atoms in total. The van der Waals surface area contributed by atoms with Crippen molar-refractivity contribution in [1.29, 1.82) is 0 Å². The van der Waals surface area contributed by atoms with E-state index in [9.17, 15) is 0 Å². The molecule has 0 radical (unpaired) electrons. The predicted molar refractivity (Wildman–Crippen MR) is 222 cm³/mol. The van der Waals surface area contributed by atoms with Crippen LogP contribution >= 0.6 is 0 Å². The van der Waals surface area contributed by atoms with Gasteiger partial charge in [0.2, 0.25) is 0 Å². The summed E-state index contributed by atoms with van der Waals surface area (Å²) < 4.78 is 6.94. The molecule has 52 heavy (non-hydrogen) atoms. The van der Waals surface area contributed by atoms with Crippen LogP contribution in [-0.4, -0.2) is 0 Å². The summed E-state index contributed by atoms with van der Waals surface area (Å²) in [6.07, 6.45) is 0. The summed E-state index contributed by atoms with van der Waals surface area (Å²) in [4.78, 5) is 2.43. The first-order chi connectivity index (χ1) is 25.6. The molecule has 0 aliphatic rings. The molecule has 1 heterocycles. The lowest BCUT2D eigenvalue weighted by Gasteiger charge is -2.29. The summed E-state index contributed by atoms with van der Waals surface area (Å²) in [5.41, 5.74) is 10.1. The molecule has 11 rings (SSSR count). The minimum atomic E-state index is 0.905. The van der Waals surface area contributed by atoms with Crippen LogP contribution in [-0.2, 0) is 0 Å². The number of anilines is 3. The van der Waals surface area contributed by atoms with Crippen molar-refractivity contribution >= 4 is 92.9 Å². The van der Waals surface area contributed by atoms with Crippen molar-refractivity contribution < 1.29 is 4.42 Å². The van der Waals surface area contributed by atoms with Crippen LogP contribution in [0.15, 0.2) is 168 Å². The molecule has 0 unspecified atom stereocenters. The normalized spacial score (nSPS) is 12.0. The van der Waals surface area contributed by atoms with E-state index in [-0.39, 0.29) is 0 Å². The van der Waals surface area contributed by atoms with Crippen LogP contribution in [0.3, 0.4) is 0 Å². The van der Waals surface area contributed by atoms with Crippen LogP contribution in [0.25, 0.3) is 86.9 Å². The van der Waals surface area contributed by atoms with Crippen molar-refractivity contribution in [3.63, 3.8) is 0 Å². The molecule has 244 valence electrons. The molecule has 1 aromatic heterocycles. The van der Waals surface area contributed by atoms with E-state index in [0.717, 1.165) is 33.5 Å². The Balaban J connectivity index is 1.21. The molecule has 0 fully saturated rings. The maximum absolute atomic E-state index is 6.94. The smallest absolute Gasteiger partial charge is 0.143 e. The average molecular weight is 664 g/mol. The van der Waals surface area contributed by atoms with Crippen LogP contribution in [0.1, 0.15) is 11.1 Å². The van der Waals surface area contributed by atoms with E-state index in [1.807, 2.05) is 0 Å². The molecule has 0 aliphatic heterocycles. The summed E-state index contributed by atoms with van der Waals surface area (Å²) >= 11 is 0. The van der Waals surface area contributed by atoms with Crippen molar-refractivity contribution in [1.82, 2.24) is 0 Å². The Morgan fingerprint density at radius 2 is 0.923 bits per heavy atom. The minimum absolute atomic E-state index is 0.905. The summed E-state index contributed by atoms with van der Waals surface area (Å²) in [5, 5.41) is 14.7. The van der Waals surface area contributed by atoms with Crippen LogP contribution in [0.2, 0.25) is 0 Å². The zero-order valence-corrected chi connectivity index (χ0v) is 28.9. The molecule has 2 heteroatoms. The number of benzene rings is 10. The van der Waals surface area contributed by atoms with Gasteiger partial charge in [-0.15, -0.1) is 0 Å². The number of furan rings is 1. The Bertz CT molecular complexity index is 3080. The lowest BCUT2D eigenvalue weighted by atomic mass is 9.89. The zero-order chi connectivity index (χ0) is 34.5. The van der Waals surface area contributed by atoms with Gasteiger partial charge < -0.3 is 9.32 Å². The number of nitrogens with zero attached hydrogens (tertiary/aromatic N) is 1. The second-order valence-electron chi connectivity index (χ2n) is 14.2. The van der Waals surface area contributed by atoms with Crippen LogP contribution in [0.4, 0.5) is 17.1 Å². The first-order valence-corrected chi connectivity index (χ1v) is 18.0. The molecule has 0 saturated heterocycles. The van der Waals surface area contributed by atoms with E-state index >= 15 is 0 Å². The number of rotatable bonds is 4. The Morgan fingerprint density at radius 1 is 0.404 bits per heavy atom. The van der Waals surface area contributed by atoms with Crippen molar-refractivity contribution in [2.75, 3.05) is 4.90 Å². The van der Waals surface area contributed by atoms with Crippen molar-refractivity contribution in [3.05, 3.63) is 175 Å². The van der Waals surface area contributed by atoms with Crippen LogP contribution in [0, 0.1) is 13.8 Å². The molecular weight excluding hydrogens is 631 g/mol. The van der Waals surface area contributed by atoms with E-state index < -0.39 is 0 Å². The lowest BCUT2D eigenvalue weighted by Crippen LogP contribution is -2.11. The molecule has 0 N–H and O–H groups in total. The largest absolute Gasteiger partial charge is 0.455 e. The molecule has 0 saturated carbocycles. The molecule has 0 atom stereocenters. The Morgan fingerprint density at radius 3 is 1.52 bits per heavy atom. The van der Waals surface area contributed by atoms with E-state index in [1.54, 1.807) is 0 Å². The van der Waals surface area contributed by atoms with Crippen LogP contribution < -0.4 is 4.90 Å². The van der Waals surface area contributed by atoms with Gasteiger partial charge >= 0.3 is 0 Å². The molecule has 10 aromatic carbocycles. The first-order valence-electron chi connectivity index (χ1n) is 18.0. The van der Waals surface area contributed by atoms with Crippen molar-refractivity contribution in [2.24, 2.45) is 0 Å². The van der Waals surface area contributed by atoms with Crippen molar-refractivity contribution in [2.45, 2.75) is 13.8 Å². The van der Waals surface area contributed by atoms with Gasteiger partial charge in [0.25, 0.3) is 0 Å². The highest BCUT2D eigenvalue weighted by Gasteiger charge is 2.23. The number of hydrogen-bond acceptors (Lipinski definition) is 2.